The number of nitrogens with zero attached hydrogens (tertiary/aromatic N) is 3. The number of rotatable bonds is 5. The molecule has 8 heteroatoms. The SMILES string of the molecule is CN=C(NCC1(N(C)C)CCOCC1)N(C)Cc1c(F)cccc1Cl.I. The number of guanidine groups is 1. The van der Waals surface area contributed by atoms with Crippen LogP contribution in [-0.2, 0) is 11.3 Å². The molecular weight excluding hydrogens is 470 g/mol. The van der Waals surface area contributed by atoms with Gasteiger partial charge in [0.1, 0.15) is 5.82 Å². The molecule has 0 unspecified atom stereocenters. The molecule has 1 aromatic rings. The Morgan fingerprint density at radius 3 is 2.50 bits per heavy atom. The maximum absolute atomic E-state index is 14.0. The minimum Gasteiger partial charge on any atom is -0.381 e. The number of aliphatic imine (C=N–C) groups is 1. The number of benzene rings is 1. The molecule has 0 amide bonds. The third kappa shape index (κ3) is 5.68. The van der Waals surface area contributed by atoms with Crippen molar-refractivity contribution in [2.75, 3.05) is 47.9 Å². The summed E-state index contributed by atoms with van der Waals surface area (Å²) in [5.41, 5.74) is 0.507. The van der Waals surface area contributed by atoms with Gasteiger partial charge < -0.3 is 19.9 Å². The first-order valence-electron chi connectivity index (χ1n) is 8.49. The minimum absolute atomic E-state index is 0. The maximum atomic E-state index is 14.0. The molecule has 1 aliphatic heterocycles. The fourth-order valence-corrected chi connectivity index (χ4v) is 3.38. The van der Waals surface area contributed by atoms with Crippen LogP contribution in [0.5, 0.6) is 0 Å². The second kappa shape index (κ2) is 10.6. The average molecular weight is 499 g/mol. The Morgan fingerprint density at radius 2 is 1.96 bits per heavy atom. The van der Waals surface area contributed by atoms with Crippen molar-refractivity contribution in [3.63, 3.8) is 0 Å². The molecule has 0 spiro atoms. The summed E-state index contributed by atoms with van der Waals surface area (Å²) in [4.78, 5) is 8.47. The van der Waals surface area contributed by atoms with E-state index in [9.17, 15) is 4.39 Å². The number of halogens is 3. The highest BCUT2D eigenvalue weighted by atomic mass is 127. The van der Waals surface area contributed by atoms with E-state index in [-0.39, 0.29) is 35.3 Å². The van der Waals surface area contributed by atoms with Crippen LogP contribution in [0.2, 0.25) is 5.02 Å². The number of nitrogens with one attached hydrogen (secondary N) is 1. The molecule has 1 N–H and O–H groups in total. The van der Waals surface area contributed by atoms with E-state index in [2.05, 4.69) is 29.3 Å². The van der Waals surface area contributed by atoms with Crippen molar-refractivity contribution in [2.24, 2.45) is 4.99 Å². The zero-order chi connectivity index (χ0) is 18.4. The number of likely N-dealkylation sites (N-methyl/N-ethyl adjacent to an activating group) is 1. The van der Waals surface area contributed by atoms with Gasteiger partial charge in [-0.1, -0.05) is 17.7 Å². The monoisotopic (exact) mass is 498 g/mol. The third-order valence-corrected chi connectivity index (χ3v) is 5.33. The summed E-state index contributed by atoms with van der Waals surface area (Å²) in [6.07, 6.45) is 1.93. The Bertz CT molecular complexity index is 589. The van der Waals surface area contributed by atoms with Crippen LogP contribution in [0.4, 0.5) is 4.39 Å². The van der Waals surface area contributed by atoms with Crippen molar-refractivity contribution >= 4 is 41.5 Å². The molecule has 0 aromatic heterocycles. The maximum Gasteiger partial charge on any atom is 0.193 e. The predicted molar refractivity (Wildman–Crippen MR) is 116 cm³/mol. The quantitative estimate of drug-likeness (QED) is 0.385. The van der Waals surface area contributed by atoms with Crippen LogP contribution < -0.4 is 5.32 Å². The Hall–Kier alpha value is -0.640. The summed E-state index contributed by atoms with van der Waals surface area (Å²) in [7, 11) is 7.80. The average Bonchev–Trinajstić information content (AvgIpc) is 2.59. The van der Waals surface area contributed by atoms with Gasteiger partial charge in [0.25, 0.3) is 0 Å². The van der Waals surface area contributed by atoms with Crippen molar-refractivity contribution in [1.29, 1.82) is 0 Å². The molecule has 0 saturated carbocycles. The largest absolute Gasteiger partial charge is 0.381 e. The van der Waals surface area contributed by atoms with Gasteiger partial charge in [0.2, 0.25) is 0 Å². The molecule has 1 heterocycles. The first kappa shape index (κ1) is 23.4. The lowest BCUT2D eigenvalue weighted by molar-refractivity contribution is -0.00522. The molecule has 1 saturated heterocycles. The van der Waals surface area contributed by atoms with E-state index in [4.69, 9.17) is 16.3 Å². The molecular formula is C18H29ClFIN4O. The minimum atomic E-state index is -0.302. The summed E-state index contributed by atoms with van der Waals surface area (Å²) in [6, 6.07) is 4.74. The summed E-state index contributed by atoms with van der Waals surface area (Å²) in [5.74, 6) is 0.413. The fraction of sp³-hybridized carbons (Fsp3) is 0.611. The molecule has 5 nitrogen and oxygen atoms in total. The van der Waals surface area contributed by atoms with Crippen LogP contribution >= 0.6 is 35.6 Å². The van der Waals surface area contributed by atoms with Gasteiger partial charge in [-0.25, -0.2) is 4.39 Å². The summed E-state index contributed by atoms with van der Waals surface area (Å²) >= 11 is 6.14. The zero-order valence-electron chi connectivity index (χ0n) is 15.9. The molecule has 1 aliphatic rings. The normalized spacial score (nSPS) is 17.0. The highest BCUT2D eigenvalue weighted by Crippen LogP contribution is 2.25. The lowest BCUT2D eigenvalue weighted by Crippen LogP contribution is -2.57. The van der Waals surface area contributed by atoms with Gasteiger partial charge in [0.05, 0.1) is 0 Å². The summed E-state index contributed by atoms with van der Waals surface area (Å²) in [5, 5.41) is 3.86. The zero-order valence-corrected chi connectivity index (χ0v) is 19.0. The fourth-order valence-electron chi connectivity index (χ4n) is 3.16. The van der Waals surface area contributed by atoms with E-state index in [1.54, 1.807) is 19.2 Å². The van der Waals surface area contributed by atoms with Crippen LogP contribution in [0.25, 0.3) is 0 Å². The number of hydrogen-bond acceptors (Lipinski definition) is 3. The summed E-state index contributed by atoms with van der Waals surface area (Å²) in [6.45, 7) is 2.63. The highest BCUT2D eigenvalue weighted by Gasteiger charge is 2.35. The Morgan fingerprint density at radius 1 is 1.31 bits per heavy atom. The second-order valence-corrected chi connectivity index (χ2v) is 7.10. The van der Waals surface area contributed by atoms with Crippen LogP contribution in [0.1, 0.15) is 18.4 Å². The molecule has 1 aromatic carbocycles. The Balaban J connectivity index is 0.00000338. The molecule has 148 valence electrons. The second-order valence-electron chi connectivity index (χ2n) is 6.69. The van der Waals surface area contributed by atoms with Crippen molar-refractivity contribution < 1.29 is 9.13 Å². The first-order chi connectivity index (χ1) is 11.9. The van der Waals surface area contributed by atoms with Crippen molar-refractivity contribution in [1.82, 2.24) is 15.1 Å². The Kier molecular flexibility index (Phi) is 9.57. The molecule has 0 radical (unpaired) electrons. The predicted octanol–water partition coefficient (Wildman–Crippen LogP) is 3.22. The van der Waals surface area contributed by atoms with Gasteiger partial charge in [0.15, 0.2) is 5.96 Å². The van der Waals surface area contributed by atoms with Gasteiger partial charge in [0, 0.05) is 56.5 Å². The topological polar surface area (TPSA) is 40.1 Å². The van der Waals surface area contributed by atoms with Crippen molar-refractivity contribution in [3.05, 3.63) is 34.6 Å². The van der Waals surface area contributed by atoms with E-state index in [1.165, 1.54) is 6.07 Å². The van der Waals surface area contributed by atoms with E-state index in [0.29, 0.717) is 23.1 Å². The smallest absolute Gasteiger partial charge is 0.193 e. The van der Waals surface area contributed by atoms with E-state index in [1.807, 2.05) is 11.9 Å². The lowest BCUT2D eigenvalue weighted by Gasteiger charge is -2.43. The lowest BCUT2D eigenvalue weighted by atomic mass is 9.88. The van der Waals surface area contributed by atoms with Gasteiger partial charge in [-0.05, 0) is 39.1 Å². The van der Waals surface area contributed by atoms with Gasteiger partial charge in [-0.15, -0.1) is 24.0 Å². The van der Waals surface area contributed by atoms with E-state index in [0.717, 1.165) is 32.6 Å². The van der Waals surface area contributed by atoms with Crippen molar-refractivity contribution in [3.8, 4) is 0 Å². The molecule has 0 bridgehead atoms. The molecule has 1 fully saturated rings. The van der Waals surface area contributed by atoms with E-state index >= 15 is 0 Å². The third-order valence-electron chi connectivity index (χ3n) is 4.98. The van der Waals surface area contributed by atoms with Crippen LogP contribution in [0, 0.1) is 5.82 Å². The highest BCUT2D eigenvalue weighted by molar-refractivity contribution is 14.0. The molecule has 0 aliphatic carbocycles. The standard InChI is InChI=1S/C18H28ClFN4O.HI/c1-21-17(22-13-18(23(2)3)8-10-25-11-9-18)24(4)12-14-15(19)6-5-7-16(14)20;/h5-7H,8-13H2,1-4H3,(H,21,22);1H. The Labute approximate surface area is 177 Å². The van der Waals surface area contributed by atoms with Crippen LogP contribution in [0.3, 0.4) is 0 Å². The molecule has 26 heavy (non-hydrogen) atoms. The van der Waals surface area contributed by atoms with E-state index < -0.39 is 0 Å². The van der Waals surface area contributed by atoms with Crippen molar-refractivity contribution in [2.45, 2.75) is 24.9 Å². The van der Waals surface area contributed by atoms with Crippen LogP contribution in [-0.4, -0.2) is 69.2 Å². The number of ether oxygens (including phenoxy) is 1. The molecule has 2 rings (SSSR count). The molecule has 0 atom stereocenters. The first-order valence-corrected chi connectivity index (χ1v) is 8.87. The van der Waals surface area contributed by atoms with Crippen LogP contribution in [0.15, 0.2) is 23.2 Å². The van der Waals surface area contributed by atoms with Gasteiger partial charge in [-0.3, -0.25) is 4.99 Å². The van der Waals surface area contributed by atoms with Gasteiger partial charge >= 0.3 is 0 Å². The number of hydrogen-bond donors (Lipinski definition) is 1. The van der Waals surface area contributed by atoms with Gasteiger partial charge in [-0.2, -0.15) is 0 Å². The summed E-state index contributed by atoms with van der Waals surface area (Å²) < 4.78 is 19.5.